The number of esters is 1. The zero-order valence-electron chi connectivity index (χ0n) is 8.41. The molecular weight excluding hydrogens is 236 g/mol. The van der Waals surface area contributed by atoms with E-state index in [0.29, 0.717) is 6.54 Å². The van der Waals surface area contributed by atoms with Crippen LogP contribution in [0, 0.1) is 0 Å². The third-order valence-electron chi connectivity index (χ3n) is 2.31. The second-order valence-corrected chi connectivity index (χ2v) is 4.68. The van der Waals surface area contributed by atoms with Gasteiger partial charge >= 0.3 is 11.9 Å². The zero-order chi connectivity index (χ0) is 11.6. The number of hydrogen-bond donors (Lipinski definition) is 1. The summed E-state index contributed by atoms with van der Waals surface area (Å²) in [7, 11) is 0. The molecule has 1 aromatic heterocycles. The summed E-state index contributed by atoms with van der Waals surface area (Å²) in [6, 6.07) is 3.87. The molecule has 1 unspecified atom stereocenters. The summed E-state index contributed by atoms with van der Waals surface area (Å²) in [6.45, 7) is 0.872. The predicted molar refractivity (Wildman–Crippen MR) is 55.5 cm³/mol. The van der Waals surface area contributed by atoms with Crippen molar-refractivity contribution >= 4 is 17.3 Å². The number of hydrogen-bond acceptors (Lipinski definition) is 4. The van der Waals surface area contributed by atoms with E-state index in [9.17, 15) is 13.6 Å². The Labute approximate surface area is 95.4 Å². The molecule has 6 heteroatoms. The van der Waals surface area contributed by atoms with Crippen LogP contribution in [0.15, 0.2) is 17.5 Å². The molecule has 0 radical (unpaired) electrons. The van der Waals surface area contributed by atoms with Crippen molar-refractivity contribution in [3.05, 3.63) is 22.4 Å². The van der Waals surface area contributed by atoms with Crippen molar-refractivity contribution in [2.45, 2.75) is 25.0 Å². The molecule has 0 bridgehead atoms. The first kappa shape index (κ1) is 11.5. The molecular formula is C10H11F2NO2S. The maximum Gasteiger partial charge on any atom is 0.377 e. The zero-order valence-corrected chi connectivity index (χ0v) is 9.23. The Morgan fingerprint density at radius 1 is 1.62 bits per heavy atom. The number of nitrogens with one attached hydrogen (secondary N) is 1. The van der Waals surface area contributed by atoms with E-state index in [4.69, 9.17) is 0 Å². The van der Waals surface area contributed by atoms with Crippen LogP contribution in [0.4, 0.5) is 8.78 Å². The topological polar surface area (TPSA) is 38.3 Å². The highest BCUT2D eigenvalue weighted by atomic mass is 32.1. The minimum absolute atomic E-state index is 0.263. The number of ether oxygens (including phenoxy) is 1. The number of rotatable bonds is 4. The lowest BCUT2D eigenvalue weighted by Crippen LogP contribution is -2.26. The van der Waals surface area contributed by atoms with Gasteiger partial charge in [0.1, 0.15) is 6.10 Å². The predicted octanol–water partition coefficient (Wildman–Crippen LogP) is 1.79. The summed E-state index contributed by atoms with van der Waals surface area (Å²) in [6.07, 6.45) is -1.24. The molecule has 1 atom stereocenters. The van der Waals surface area contributed by atoms with Gasteiger partial charge in [-0.1, -0.05) is 6.07 Å². The molecule has 0 aromatic carbocycles. The van der Waals surface area contributed by atoms with Gasteiger partial charge in [-0.05, 0) is 11.4 Å². The van der Waals surface area contributed by atoms with Crippen LogP contribution in [0.1, 0.15) is 11.3 Å². The third kappa shape index (κ3) is 2.56. The molecule has 1 aliphatic heterocycles. The lowest BCUT2D eigenvalue weighted by atomic mass is 10.2. The molecule has 1 saturated heterocycles. The van der Waals surface area contributed by atoms with E-state index in [1.165, 1.54) is 0 Å². The molecule has 1 N–H and O–H groups in total. The van der Waals surface area contributed by atoms with E-state index in [1.807, 2.05) is 17.5 Å². The summed E-state index contributed by atoms with van der Waals surface area (Å²) in [5.41, 5.74) is 0. The largest absolute Gasteiger partial charge is 0.456 e. The maximum absolute atomic E-state index is 12.8. The normalized spacial score (nSPS) is 23.4. The van der Waals surface area contributed by atoms with Gasteiger partial charge in [0.15, 0.2) is 0 Å². The van der Waals surface area contributed by atoms with Gasteiger partial charge in [-0.15, -0.1) is 11.3 Å². The fraction of sp³-hybridized carbons (Fsp3) is 0.500. The van der Waals surface area contributed by atoms with Crippen LogP contribution < -0.4 is 5.32 Å². The molecule has 1 fully saturated rings. The van der Waals surface area contributed by atoms with Crippen molar-refractivity contribution in [2.75, 3.05) is 6.54 Å². The molecule has 88 valence electrons. The standard InChI is InChI=1S/C10H11F2NO2S/c11-10(12)4-7(15-9(10)14)5-13-6-8-2-1-3-16-8/h1-3,7,13H,4-6H2. The first-order valence-corrected chi connectivity index (χ1v) is 5.78. The van der Waals surface area contributed by atoms with Crippen LogP contribution in [0.5, 0.6) is 0 Å². The van der Waals surface area contributed by atoms with Gasteiger partial charge in [0.05, 0.1) is 6.42 Å². The fourth-order valence-electron chi connectivity index (χ4n) is 1.53. The molecule has 0 spiro atoms. The molecule has 3 nitrogen and oxygen atoms in total. The highest BCUT2D eigenvalue weighted by molar-refractivity contribution is 7.09. The van der Waals surface area contributed by atoms with E-state index >= 15 is 0 Å². The number of carbonyl (C=O) groups excluding carboxylic acids is 1. The van der Waals surface area contributed by atoms with Gasteiger partial charge in [-0.2, -0.15) is 8.78 Å². The quantitative estimate of drug-likeness (QED) is 0.824. The molecule has 1 aliphatic rings. The van der Waals surface area contributed by atoms with E-state index < -0.39 is 24.4 Å². The maximum atomic E-state index is 12.8. The van der Waals surface area contributed by atoms with Crippen LogP contribution in [-0.4, -0.2) is 24.5 Å². The molecule has 2 heterocycles. The molecule has 2 rings (SSSR count). The molecule has 1 aromatic rings. The Morgan fingerprint density at radius 2 is 2.44 bits per heavy atom. The first-order valence-electron chi connectivity index (χ1n) is 4.90. The van der Waals surface area contributed by atoms with Gasteiger partial charge in [-0.3, -0.25) is 0 Å². The monoisotopic (exact) mass is 247 g/mol. The van der Waals surface area contributed by atoms with Crippen molar-refractivity contribution in [3.63, 3.8) is 0 Å². The van der Waals surface area contributed by atoms with Crippen LogP contribution in [0.25, 0.3) is 0 Å². The number of carbonyl (C=O) groups is 1. The highest BCUT2D eigenvalue weighted by Gasteiger charge is 2.50. The van der Waals surface area contributed by atoms with Crippen molar-refractivity contribution in [1.29, 1.82) is 0 Å². The highest BCUT2D eigenvalue weighted by Crippen LogP contribution is 2.30. The van der Waals surface area contributed by atoms with Gasteiger partial charge in [0.2, 0.25) is 0 Å². The fourth-order valence-corrected chi connectivity index (χ4v) is 2.21. The Hall–Kier alpha value is -1.01. The molecule has 0 amide bonds. The van der Waals surface area contributed by atoms with Crippen LogP contribution in [0.3, 0.4) is 0 Å². The molecule has 16 heavy (non-hydrogen) atoms. The lowest BCUT2D eigenvalue weighted by Gasteiger charge is -2.08. The Balaban J connectivity index is 1.74. The number of halogens is 2. The van der Waals surface area contributed by atoms with Crippen molar-refractivity contribution in [3.8, 4) is 0 Å². The smallest absolute Gasteiger partial charge is 0.377 e. The van der Waals surface area contributed by atoms with Gasteiger partial charge in [0, 0.05) is 18.0 Å². The van der Waals surface area contributed by atoms with Crippen LogP contribution in [0.2, 0.25) is 0 Å². The van der Waals surface area contributed by atoms with E-state index in [0.717, 1.165) is 4.88 Å². The van der Waals surface area contributed by atoms with E-state index in [-0.39, 0.29) is 6.54 Å². The minimum Gasteiger partial charge on any atom is -0.456 e. The summed E-state index contributed by atoms with van der Waals surface area (Å²) < 4.78 is 30.1. The minimum atomic E-state index is -3.31. The molecule has 0 aliphatic carbocycles. The Kier molecular flexibility index (Phi) is 3.20. The second kappa shape index (κ2) is 4.47. The van der Waals surface area contributed by atoms with Gasteiger partial charge in [-0.25, -0.2) is 4.79 Å². The second-order valence-electron chi connectivity index (χ2n) is 3.65. The van der Waals surface area contributed by atoms with Crippen molar-refractivity contribution in [1.82, 2.24) is 5.32 Å². The Morgan fingerprint density at radius 3 is 3.00 bits per heavy atom. The third-order valence-corrected chi connectivity index (χ3v) is 3.18. The van der Waals surface area contributed by atoms with Gasteiger partial charge < -0.3 is 10.1 Å². The summed E-state index contributed by atoms with van der Waals surface area (Å²) in [5, 5.41) is 4.93. The van der Waals surface area contributed by atoms with Crippen molar-refractivity contribution < 1.29 is 18.3 Å². The number of thiophene rings is 1. The van der Waals surface area contributed by atoms with Crippen molar-refractivity contribution in [2.24, 2.45) is 0 Å². The average Bonchev–Trinajstić information content (AvgIpc) is 2.76. The molecule has 0 saturated carbocycles. The van der Waals surface area contributed by atoms with E-state index in [1.54, 1.807) is 11.3 Å². The SMILES string of the molecule is O=C1OC(CNCc2cccs2)CC1(F)F. The first-order chi connectivity index (χ1) is 7.58. The van der Waals surface area contributed by atoms with Crippen LogP contribution >= 0.6 is 11.3 Å². The summed E-state index contributed by atoms with van der Waals surface area (Å²) in [4.78, 5) is 11.8. The number of cyclic esters (lactones) is 1. The summed E-state index contributed by atoms with van der Waals surface area (Å²) in [5.74, 6) is -4.72. The lowest BCUT2D eigenvalue weighted by molar-refractivity contribution is -0.159. The average molecular weight is 247 g/mol. The van der Waals surface area contributed by atoms with E-state index in [2.05, 4.69) is 10.1 Å². The van der Waals surface area contributed by atoms with Gasteiger partial charge in [0.25, 0.3) is 0 Å². The van der Waals surface area contributed by atoms with Crippen LogP contribution in [-0.2, 0) is 16.1 Å². The Bertz CT molecular complexity index is 367. The number of alkyl halides is 2. The summed E-state index contributed by atoms with van der Waals surface area (Å²) >= 11 is 1.59.